The van der Waals surface area contributed by atoms with Crippen molar-refractivity contribution in [2.45, 2.75) is 0 Å². The number of piperazine rings is 1. The Morgan fingerprint density at radius 3 is 2.89 bits per heavy atom. The van der Waals surface area contributed by atoms with Gasteiger partial charge in [0.05, 0.1) is 5.56 Å². The number of nitrogens with zero attached hydrogens (tertiary/aromatic N) is 1. The summed E-state index contributed by atoms with van der Waals surface area (Å²) in [7, 11) is 0. The first-order chi connectivity index (χ1) is 9.16. The molecule has 1 heterocycles. The molecule has 1 saturated heterocycles. The molecule has 0 bridgehead atoms. The Morgan fingerprint density at radius 1 is 1.42 bits per heavy atom. The molecule has 1 aromatic rings. The van der Waals surface area contributed by atoms with Gasteiger partial charge in [-0.1, -0.05) is 11.6 Å². The maximum atomic E-state index is 11.9. The Labute approximate surface area is 117 Å². The second-order valence-corrected chi connectivity index (χ2v) is 4.95. The van der Waals surface area contributed by atoms with Gasteiger partial charge in [0, 0.05) is 44.3 Å². The van der Waals surface area contributed by atoms with Crippen LogP contribution in [0.5, 0.6) is 5.75 Å². The van der Waals surface area contributed by atoms with Crippen LogP contribution in [0.2, 0.25) is 5.02 Å². The molecular weight excluding hydrogens is 266 g/mol. The van der Waals surface area contributed by atoms with E-state index in [1.165, 1.54) is 12.1 Å². The molecule has 0 atom stereocenters. The van der Waals surface area contributed by atoms with E-state index in [0.717, 1.165) is 32.7 Å². The first kappa shape index (κ1) is 14.1. The van der Waals surface area contributed by atoms with Gasteiger partial charge in [0.15, 0.2) is 0 Å². The second-order valence-electron chi connectivity index (χ2n) is 4.51. The summed E-state index contributed by atoms with van der Waals surface area (Å²) in [5, 5.41) is 16.1. The van der Waals surface area contributed by atoms with Crippen molar-refractivity contribution in [3.63, 3.8) is 0 Å². The van der Waals surface area contributed by atoms with Gasteiger partial charge in [-0.15, -0.1) is 0 Å². The monoisotopic (exact) mass is 283 g/mol. The van der Waals surface area contributed by atoms with Crippen LogP contribution in [0.3, 0.4) is 0 Å². The highest BCUT2D eigenvalue weighted by Crippen LogP contribution is 2.21. The lowest BCUT2D eigenvalue weighted by atomic mass is 10.2. The van der Waals surface area contributed by atoms with E-state index in [-0.39, 0.29) is 17.2 Å². The van der Waals surface area contributed by atoms with Gasteiger partial charge < -0.3 is 15.7 Å². The maximum Gasteiger partial charge on any atom is 0.255 e. The molecular formula is C13H18ClN3O2. The van der Waals surface area contributed by atoms with E-state index in [1.807, 2.05) is 0 Å². The van der Waals surface area contributed by atoms with Crippen LogP contribution in [0.25, 0.3) is 0 Å². The normalized spacial score (nSPS) is 16.3. The summed E-state index contributed by atoms with van der Waals surface area (Å²) in [4.78, 5) is 14.2. The third-order valence-corrected chi connectivity index (χ3v) is 3.36. The molecule has 1 aliphatic heterocycles. The molecule has 0 aromatic heterocycles. The van der Waals surface area contributed by atoms with E-state index in [9.17, 15) is 9.90 Å². The van der Waals surface area contributed by atoms with E-state index < -0.39 is 0 Å². The van der Waals surface area contributed by atoms with Crippen LogP contribution < -0.4 is 10.6 Å². The predicted molar refractivity (Wildman–Crippen MR) is 74.8 cm³/mol. The topological polar surface area (TPSA) is 64.6 Å². The van der Waals surface area contributed by atoms with E-state index in [2.05, 4.69) is 15.5 Å². The number of benzene rings is 1. The number of amides is 1. The molecule has 0 aliphatic carbocycles. The van der Waals surface area contributed by atoms with Gasteiger partial charge in [0.2, 0.25) is 0 Å². The Balaban J connectivity index is 1.82. The molecule has 6 heteroatoms. The van der Waals surface area contributed by atoms with Crippen LogP contribution in [-0.2, 0) is 0 Å². The fourth-order valence-electron chi connectivity index (χ4n) is 2.05. The van der Waals surface area contributed by atoms with Gasteiger partial charge in [-0.25, -0.2) is 0 Å². The molecule has 1 aromatic carbocycles. The van der Waals surface area contributed by atoms with Crippen molar-refractivity contribution in [3.05, 3.63) is 28.8 Å². The lowest BCUT2D eigenvalue weighted by Gasteiger charge is -2.27. The number of carbonyl (C=O) groups excluding carboxylic acids is 1. The van der Waals surface area contributed by atoms with Crippen molar-refractivity contribution in [2.24, 2.45) is 0 Å². The lowest BCUT2D eigenvalue weighted by molar-refractivity contribution is 0.0944. The minimum Gasteiger partial charge on any atom is -0.507 e. The van der Waals surface area contributed by atoms with Crippen LogP contribution in [0.15, 0.2) is 18.2 Å². The van der Waals surface area contributed by atoms with Crippen LogP contribution >= 0.6 is 11.6 Å². The molecule has 19 heavy (non-hydrogen) atoms. The van der Waals surface area contributed by atoms with Crippen molar-refractivity contribution in [3.8, 4) is 5.75 Å². The summed E-state index contributed by atoms with van der Waals surface area (Å²) < 4.78 is 0. The highest BCUT2D eigenvalue weighted by Gasteiger charge is 2.13. The Morgan fingerprint density at radius 2 is 2.16 bits per heavy atom. The first-order valence-electron chi connectivity index (χ1n) is 6.36. The summed E-state index contributed by atoms with van der Waals surface area (Å²) in [5.41, 5.74) is 0.216. The number of carbonyl (C=O) groups is 1. The highest BCUT2D eigenvalue weighted by molar-refractivity contribution is 6.31. The number of hydrogen-bond acceptors (Lipinski definition) is 4. The first-order valence-corrected chi connectivity index (χ1v) is 6.74. The molecule has 3 N–H and O–H groups in total. The molecule has 0 unspecified atom stereocenters. The minimum atomic E-state index is -0.296. The zero-order valence-corrected chi connectivity index (χ0v) is 11.4. The number of hydrogen-bond donors (Lipinski definition) is 3. The quantitative estimate of drug-likeness (QED) is 0.760. The fraction of sp³-hybridized carbons (Fsp3) is 0.462. The molecule has 1 fully saturated rings. The fourth-order valence-corrected chi connectivity index (χ4v) is 2.22. The lowest BCUT2D eigenvalue weighted by Crippen LogP contribution is -2.46. The SMILES string of the molecule is O=C(NCCN1CCNCC1)c1cc(Cl)ccc1O. The number of phenols is 1. The molecule has 1 amide bonds. The van der Waals surface area contributed by atoms with E-state index in [1.54, 1.807) is 6.07 Å². The summed E-state index contributed by atoms with van der Waals surface area (Å²) in [6.07, 6.45) is 0. The Kier molecular flexibility index (Phi) is 5.01. The molecule has 0 saturated carbocycles. The van der Waals surface area contributed by atoms with Gasteiger partial charge >= 0.3 is 0 Å². The Hall–Kier alpha value is -1.30. The second kappa shape index (κ2) is 6.75. The van der Waals surface area contributed by atoms with Gasteiger partial charge in [-0.05, 0) is 18.2 Å². The summed E-state index contributed by atoms with van der Waals surface area (Å²) in [6.45, 7) is 5.35. The van der Waals surface area contributed by atoms with E-state index in [4.69, 9.17) is 11.6 Å². The van der Waals surface area contributed by atoms with Crippen LogP contribution in [0, 0.1) is 0 Å². The third-order valence-electron chi connectivity index (χ3n) is 3.13. The molecule has 1 aliphatic rings. The summed E-state index contributed by atoms with van der Waals surface area (Å²) >= 11 is 5.81. The van der Waals surface area contributed by atoms with Crippen molar-refractivity contribution in [1.29, 1.82) is 0 Å². The third kappa shape index (κ3) is 4.09. The zero-order chi connectivity index (χ0) is 13.7. The molecule has 0 spiro atoms. The van der Waals surface area contributed by atoms with Crippen molar-refractivity contribution in [1.82, 2.24) is 15.5 Å². The van der Waals surface area contributed by atoms with Crippen molar-refractivity contribution < 1.29 is 9.90 Å². The zero-order valence-electron chi connectivity index (χ0n) is 10.7. The standard InChI is InChI=1S/C13H18ClN3O2/c14-10-1-2-12(18)11(9-10)13(19)16-5-8-17-6-3-15-4-7-17/h1-2,9,15,18H,3-8H2,(H,16,19). The van der Waals surface area contributed by atoms with Crippen molar-refractivity contribution in [2.75, 3.05) is 39.3 Å². The van der Waals surface area contributed by atoms with Gasteiger partial charge in [-0.3, -0.25) is 9.69 Å². The maximum absolute atomic E-state index is 11.9. The van der Waals surface area contributed by atoms with Gasteiger partial charge in [0.1, 0.15) is 5.75 Å². The number of phenolic OH excluding ortho intramolecular Hbond substituents is 1. The van der Waals surface area contributed by atoms with Crippen LogP contribution in [0.1, 0.15) is 10.4 Å². The molecule has 104 valence electrons. The van der Waals surface area contributed by atoms with Crippen LogP contribution in [-0.4, -0.2) is 55.2 Å². The van der Waals surface area contributed by atoms with Crippen molar-refractivity contribution >= 4 is 17.5 Å². The highest BCUT2D eigenvalue weighted by atomic mass is 35.5. The predicted octanol–water partition coefficient (Wildman–Crippen LogP) is 0.681. The smallest absolute Gasteiger partial charge is 0.255 e. The van der Waals surface area contributed by atoms with E-state index in [0.29, 0.717) is 11.6 Å². The minimum absolute atomic E-state index is 0.0518. The molecule has 0 radical (unpaired) electrons. The molecule has 2 rings (SSSR count). The summed E-state index contributed by atoms with van der Waals surface area (Å²) in [6, 6.07) is 4.44. The summed E-state index contributed by atoms with van der Waals surface area (Å²) in [5.74, 6) is -0.348. The number of nitrogens with one attached hydrogen (secondary N) is 2. The number of rotatable bonds is 4. The largest absolute Gasteiger partial charge is 0.507 e. The average Bonchev–Trinajstić information content (AvgIpc) is 2.42. The van der Waals surface area contributed by atoms with Crippen LogP contribution in [0.4, 0.5) is 0 Å². The number of aromatic hydroxyl groups is 1. The average molecular weight is 284 g/mol. The van der Waals surface area contributed by atoms with Gasteiger partial charge in [0.25, 0.3) is 5.91 Å². The Bertz CT molecular complexity index is 448. The molecule has 5 nitrogen and oxygen atoms in total. The van der Waals surface area contributed by atoms with Gasteiger partial charge in [-0.2, -0.15) is 0 Å². The van der Waals surface area contributed by atoms with E-state index >= 15 is 0 Å². The number of halogens is 1.